The normalized spacial score (nSPS) is 22.7. The van der Waals surface area contributed by atoms with E-state index in [-0.39, 0.29) is 5.91 Å². The van der Waals surface area contributed by atoms with Gasteiger partial charge in [-0.25, -0.2) is 8.42 Å². The third kappa shape index (κ3) is 4.09. The van der Waals surface area contributed by atoms with Crippen molar-refractivity contribution in [1.82, 2.24) is 9.21 Å². The number of amides is 1. The highest BCUT2D eigenvalue weighted by molar-refractivity contribution is 7.88. The Kier molecular flexibility index (Phi) is 5.03. The van der Waals surface area contributed by atoms with Gasteiger partial charge in [0.15, 0.2) is 0 Å². The van der Waals surface area contributed by atoms with Crippen LogP contribution in [0.25, 0.3) is 0 Å². The molecule has 0 aromatic carbocycles. The van der Waals surface area contributed by atoms with Gasteiger partial charge in [-0.15, -0.1) is 11.3 Å². The number of fused-ring (bicyclic) bond motifs is 1. The van der Waals surface area contributed by atoms with Crippen LogP contribution in [0.3, 0.4) is 0 Å². The molecule has 5 nitrogen and oxygen atoms in total. The van der Waals surface area contributed by atoms with Crippen LogP contribution in [0.15, 0.2) is 6.07 Å². The van der Waals surface area contributed by atoms with Crippen molar-refractivity contribution in [3.05, 3.63) is 21.4 Å². The van der Waals surface area contributed by atoms with E-state index < -0.39 is 10.0 Å². The highest BCUT2D eigenvalue weighted by Crippen LogP contribution is 2.40. The van der Waals surface area contributed by atoms with Crippen molar-refractivity contribution in [2.45, 2.75) is 40.0 Å². The minimum atomic E-state index is -3.16. The van der Waals surface area contributed by atoms with Crippen molar-refractivity contribution in [3.63, 3.8) is 0 Å². The van der Waals surface area contributed by atoms with Crippen LogP contribution >= 0.6 is 11.3 Å². The number of piperazine rings is 1. The molecule has 3 rings (SSSR count). The topological polar surface area (TPSA) is 57.7 Å². The smallest absolute Gasteiger partial charge is 0.264 e. The zero-order valence-corrected chi connectivity index (χ0v) is 17.2. The van der Waals surface area contributed by atoms with E-state index in [0.29, 0.717) is 37.5 Å². The minimum absolute atomic E-state index is 0.0554. The number of aryl methyl sites for hydroxylation is 1. The molecule has 1 saturated heterocycles. The van der Waals surface area contributed by atoms with Gasteiger partial charge in [-0.3, -0.25) is 4.79 Å². The third-order valence-corrected chi connectivity index (χ3v) is 8.04. The second-order valence-electron chi connectivity index (χ2n) is 8.32. The second kappa shape index (κ2) is 6.67. The first-order chi connectivity index (χ1) is 11.6. The van der Waals surface area contributed by atoms with E-state index in [2.05, 4.69) is 26.8 Å². The quantitative estimate of drug-likeness (QED) is 0.788. The van der Waals surface area contributed by atoms with Gasteiger partial charge in [0.05, 0.1) is 11.1 Å². The number of rotatable bonds is 2. The SMILES string of the molecule is CC(C)(C)C1CCc2sc(C(=O)N3CCN(S(C)(=O)=O)CC3)cc2C1. The van der Waals surface area contributed by atoms with E-state index >= 15 is 0 Å². The Bertz CT molecular complexity index is 754. The Morgan fingerprint density at radius 3 is 2.40 bits per heavy atom. The van der Waals surface area contributed by atoms with Gasteiger partial charge in [0.1, 0.15) is 0 Å². The van der Waals surface area contributed by atoms with Crippen LogP contribution in [0, 0.1) is 11.3 Å². The van der Waals surface area contributed by atoms with E-state index in [0.717, 1.165) is 17.7 Å². The Balaban J connectivity index is 1.68. The van der Waals surface area contributed by atoms with Gasteiger partial charge in [-0.2, -0.15) is 4.31 Å². The molecule has 7 heteroatoms. The summed E-state index contributed by atoms with van der Waals surface area (Å²) in [5, 5.41) is 0. The molecule has 1 amide bonds. The van der Waals surface area contributed by atoms with Crippen LogP contribution in [0.4, 0.5) is 0 Å². The number of hydrogen-bond donors (Lipinski definition) is 0. The summed E-state index contributed by atoms with van der Waals surface area (Å²) in [5.74, 6) is 0.718. The molecule has 0 radical (unpaired) electrons. The lowest BCUT2D eigenvalue weighted by atomic mass is 9.72. The number of carbonyl (C=O) groups excluding carboxylic acids is 1. The summed E-state index contributed by atoms with van der Waals surface area (Å²) >= 11 is 1.63. The molecule has 1 atom stereocenters. The van der Waals surface area contributed by atoms with Gasteiger partial charge in [-0.1, -0.05) is 20.8 Å². The predicted molar refractivity (Wildman–Crippen MR) is 102 cm³/mol. The highest BCUT2D eigenvalue weighted by atomic mass is 32.2. The van der Waals surface area contributed by atoms with Gasteiger partial charge in [0.2, 0.25) is 10.0 Å². The van der Waals surface area contributed by atoms with E-state index in [9.17, 15) is 13.2 Å². The molecule has 0 spiro atoms. The summed E-state index contributed by atoms with van der Waals surface area (Å²) in [6, 6.07) is 2.09. The summed E-state index contributed by atoms with van der Waals surface area (Å²) in [6.07, 6.45) is 4.54. The first-order valence-electron chi connectivity index (χ1n) is 8.91. The largest absolute Gasteiger partial charge is 0.335 e. The van der Waals surface area contributed by atoms with Crippen molar-refractivity contribution in [1.29, 1.82) is 0 Å². The van der Waals surface area contributed by atoms with Gasteiger partial charge in [0.25, 0.3) is 5.91 Å². The number of nitrogens with zero attached hydrogens (tertiary/aromatic N) is 2. The van der Waals surface area contributed by atoms with Gasteiger partial charge < -0.3 is 4.90 Å². The van der Waals surface area contributed by atoms with E-state index in [1.54, 1.807) is 16.2 Å². The summed E-state index contributed by atoms with van der Waals surface area (Å²) < 4.78 is 24.7. The highest BCUT2D eigenvalue weighted by Gasteiger charge is 2.32. The molecule has 0 N–H and O–H groups in total. The summed E-state index contributed by atoms with van der Waals surface area (Å²) in [4.78, 5) is 16.8. The van der Waals surface area contributed by atoms with Crippen molar-refractivity contribution < 1.29 is 13.2 Å². The lowest BCUT2D eigenvalue weighted by Gasteiger charge is -2.33. The molecule has 1 unspecified atom stereocenters. The van der Waals surface area contributed by atoms with Crippen molar-refractivity contribution >= 4 is 27.3 Å². The summed E-state index contributed by atoms with van der Waals surface area (Å²) in [7, 11) is -3.16. The first-order valence-corrected chi connectivity index (χ1v) is 11.6. The number of hydrogen-bond acceptors (Lipinski definition) is 4. The minimum Gasteiger partial charge on any atom is -0.335 e. The molecular weight excluding hydrogens is 356 g/mol. The molecule has 1 fully saturated rings. The fourth-order valence-electron chi connectivity index (χ4n) is 3.75. The predicted octanol–water partition coefficient (Wildman–Crippen LogP) is 2.62. The van der Waals surface area contributed by atoms with Gasteiger partial charge in [-0.05, 0) is 42.2 Å². The molecule has 25 heavy (non-hydrogen) atoms. The Morgan fingerprint density at radius 1 is 1.20 bits per heavy atom. The van der Waals surface area contributed by atoms with Crippen molar-refractivity contribution in [3.8, 4) is 0 Å². The van der Waals surface area contributed by atoms with Gasteiger partial charge in [0, 0.05) is 31.1 Å². The fourth-order valence-corrected chi connectivity index (χ4v) is 5.75. The zero-order chi connectivity index (χ0) is 18.4. The lowest BCUT2D eigenvalue weighted by Crippen LogP contribution is -2.50. The molecule has 1 aliphatic carbocycles. The molecule has 140 valence electrons. The maximum atomic E-state index is 12.8. The summed E-state index contributed by atoms with van der Waals surface area (Å²) in [6.45, 7) is 8.61. The van der Waals surface area contributed by atoms with E-state index in [4.69, 9.17) is 0 Å². The van der Waals surface area contributed by atoms with E-state index in [1.165, 1.54) is 27.4 Å². The third-order valence-electron chi connectivity index (χ3n) is 5.51. The maximum absolute atomic E-state index is 12.8. The number of carbonyl (C=O) groups is 1. The lowest BCUT2D eigenvalue weighted by molar-refractivity contribution is 0.0703. The molecule has 2 aliphatic rings. The Labute approximate surface area is 155 Å². The molecule has 1 aromatic rings. The number of sulfonamides is 1. The Morgan fingerprint density at radius 2 is 1.84 bits per heavy atom. The van der Waals surface area contributed by atoms with Crippen LogP contribution in [0.1, 0.15) is 47.3 Å². The molecule has 2 heterocycles. The summed E-state index contributed by atoms with van der Waals surface area (Å²) in [5.41, 5.74) is 1.64. The fraction of sp³-hybridized carbons (Fsp3) is 0.722. The Hall–Kier alpha value is -0.920. The van der Waals surface area contributed by atoms with Gasteiger partial charge >= 0.3 is 0 Å². The zero-order valence-electron chi connectivity index (χ0n) is 15.5. The van der Waals surface area contributed by atoms with Crippen LogP contribution in [0.5, 0.6) is 0 Å². The molecule has 1 aliphatic heterocycles. The molecule has 0 saturated carbocycles. The van der Waals surface area contributed by atoms with Crippen LogP contribution < -0.4 is 0 Å². The maximum Gasteiger partial charge on any atom is 0.264 e. The average molecular weight is 385 g/mol. The molecule has 1 aromatic heterocycles. The second-order valence-corrected chi connectivity index (χ2v) is 11.4. The monoisotopic (exact) mass is 384 g/mol. The van der Waals surface area contributed by atoms with Crippen LogP contribution in [-0.4, -0.2) is 56.0 Å². The number of thiophene rings is 1. The van der Waals surface area contributed by atoms with Crippen molar-refractivity contribution in [2.75, 3.05) is 32.4 Å². The first kappa shape index (κ1) is 18.9. The van der Waals surface area contributed by atoms with E-state index in [1.807, 2.05) is 0 Å². The average Bonchev–Trinajstić information content (AvgIpc) is 2.95. The van der Waals surface area contributed by atoms with Crippen molar-refractivity contribution in [2.24, 2.45) is 11.3 Å². The van der Waals surface area contributed by atoms with Crippen LogP contribution in [0.2, 0.25) is 0 Å². The molecule has 0 bridgehead atoms. The van der Waals surface area contributed by atoms with Crippen LogP contribution in [-0.2, 0) is 22.9 Å². The standard InChI is InChI=1S/C18H28N2O3S2/c1-18(2,3)14-5-6-15-13(11-14)12-16(24-15)17(21)19-7-9-20(10-8-19)25(4,22)23/h12,14H,5-11H2,1-4H3. The molecular formula is C18H28N2O3S2.